The molecule has 0 bridgehead atoms. The van der Waals surface area contributed by atoms with Crippen molar-refractivity contribution in [3.05, 3.63) is 29.8 Å². The minimum atomic E-state index is -1.38. The standard InChI is InChI=1S/C22H30O6/c1-21(2)11-15-12-22(19(23)26-4,20(24)27-5)17(10-18(15)28-13-21)14-6-8-16(25-3)9-7-14/h6-9,15,17-18H,10-13H2,1-5H3/t15-,17+,18-/m0/s1. The van der Waals surface area contributed by atoms with Crippen LogP contribution in [0.3, 0.4) is 0 Å². The molecule has 154 valence electrons. The Balaban J connectivity index is 2.07. The predicted molar refractivity (Wildman–Crippen MR) is 103 cm³/mol. The molecule has 0 spiro atoms. The molecule has 0 radical (unpaired) electrons. The van der Waals surface area contributed by atoms with Crippen LogP contribution in [0.25, 0.3) is 0 Å². The van der Waals surface area contributed by atoms with Gasteiger partial charge >= 0.3 is 11.9 Å². The zero-order valence-corrected chi connectivity index (χ0v) is 17.3. The fraction of sp³-hybridized carbons (Fsp3) is 0.636. The summed E-state index contributed by atoms with van der Waals surface area (Å²) in [6.07, 6.45) is 1.82. The summed E-state index contributed by atoms with van der Waals surface area (Å²) in [5.41, 5.74) is -0.495. The highest BCUT2D eigenvalue weighted by Crippen LogP contribution is 2.55. The first-order chi connectivity index (χ1) is 13.3. The molecule has 28 heavy (non-hydrogen) atoms. The molecule has 1 saturated heterocycles. The van der Waals surface area contributed by atoms with Crippen molar-refractivity contribution in [1.82, 2.24) is 0 Å². The van der Waals surface area contributed by atoms with Crippen LogP contribution in [0.2, 0.25) is 0 Å². The third-order valence-electron chi connectivity index (χ3n) is 6.29. The maximum atomic E-state index is 13.0. The first-order valence-electron chi connectivity index (χ1n) is 9.70. The van der Waals surface area contributed by atoms with Crippen LogP contribution in [-0.4, -0.2) is 46.0 Å². The van der Waals surface area contributed by atoms with Crippen molar-refractivity contribution >= 4 is 11.9 Å². The number of hydrogen-bond acceptors (Lipinski definition) is 6. The third kappa shape index (κ3) is 3.50. The van der Waals surface area contributed by atoms with E-state index in [1.165, 1.54) is 14.2 Å². The van der Waals surface area contributed by atoms with E-state index < -0.39 is 17.4 Å². The van der Waals surface area contributed by atoms with Gasteiger partial charge in [-0.05, 0) is 48.3 Å². The van der Waals surface area contributed by atoms with Crippen LogP contribution >= 0.6 is 0 Å². The molecule has 2 fully saturated rings. The highest BCUT2D eigenvalue weighted by Gasteiger charge is 2.61. The molecule has 6 nitrogen and oxygen atoms in total. The second kappa shape index (κ2) is 7.74. The van der Waals surface area contributed by atoms with Crippen molar-refractivity contribution in [2.24, 2.45) is 16.7 Å². The summed E-state index contributed by atoms with van der Waals surface area (Å²) < 4.78 is 21.7. The van der Waals surface area contributed by atoms with Crippen LogP contribution in [0.1, 0.15) is 44.6 Å². The van der Waals surface area contributed by atoms with Gasteiger partial charge < -0.3 is 18.9 Å². The van der Waals surface area contributed by atoms with Gasteiger partial charge in [0.1, 0.15) is 5.75 Å². The molecule has 1 aromatic carbocycles. The molecule has 3 atom stereocenters. The minimum absolute atomic E-state index is 0.00237. The van der Waals surface area contributed by atoms with Crippen LogP contribution < -0.4 is 4.74 Å². The van der Waals surface area contributed by atoms with E-state index in [9.17, 15) is 9.59 Å². The molecule has 1 saturated carbocycles. The van der Waals surface area contributed by atoms with Crippen molar-refractivity contribution in [2.45, 2.75) is 45.1 Å². The summed E-state index contributed by atoms with van der Waals surface area (Å²) in [7, 11) is 4.25. The molecular formula is C22H30O6. The molecule has 0 N–H and O–H groups in total. The van der Waals surface area contributed by atoms with Crippen LogP contribution in [0.5, 0.6) is 5.75 Å². The number of fused-ring (bicyclic) bond motifs is 1. The molecule has 6 heteroatoms. The highest BCUT2D eigenvalue weighted by atomic mass is 16.5. The first kappa shape index (κ1) is 20.6. The van der Waals surface area contributed by atoms with E-state index in [2.05, 4.69) is 13.8 Å². The number of rotatable bonds is 4. The van der Waals surface area contributed by atoms with Crippen molar-refractivity contribution in [3.63, 3.8) is 0 Å². The van der Waals surface area contributed by atoms with Crippen LogP contribution in [0, 0.1) is 16.7 Å². The second-order valence-electron chi connectivity index (χ2n) is 8.70. The van der Waals surface area contributed by atoms with Gasteiger partial charge in [-0.15, -0.1) is 0 Å². The van der Waals surface area contributed by atoms with Crippen molar-refractivity contribution < 1.29 is 28.5 Å². The minimum Gasteiger partial charge on any atom is -0.497 e. The van der Waals surface area contributed by atoms with E-state index in [1.807, 2.05) is 24.3 Å². The fourth-order valence-electron chi connectivity index (χ4n) is 4.98. The third-order valence-corrected chi connectivity index (χ3v) is 6.29. The van der Waals surface area contributed by atoms with Gasteiger partial charge in [0, 0.05) is 5.92 Å². The van der Waals surface area contributed by atoms with Gasteiger partial charge in [0.25, 0.3) is 0 Å². The number of hydrogen-bond donors (Lipinski definition) is 0. The lowest BCUT2D eigenvalue weighted by Gasteiger charge is -2.51. The Morgan fingerprint density at radius 3 is 2.14 bits per heavy atom. The molecule has 3 rings (SSSR count). The molecular weight excluding hydrogens is 360 g/mol. The van der Waals surface area contributed by atoms with Gasteiger partial charge in [0.15, 0.2) is 5.41 Å². The van der Waals surface area contributed by atoms with Crippen molar-refractivity contribution in [2.75, 3.05) is 27.9 Å². The maximum absolute atomic E-state index is 13.0. The van der Waals surface area contributed by atoms with Crippen LogP contribution in [-0.2, 0) is 23.8 Å². The lowest BCUT2D eigenvalue weighted by atomic mass is 9.57. The second-order valence-corrected chi connectivity index (χ2v) is 8.70. The Hall–Kier alpha value is -2.08. The summed E-state index contributed by atoms with van der Waals surface area (Å²) in [4.78, 5) is 26.1. The SMILES string of the molecule is COC(=O)C1(C(=O)OC)C[C@@H]2CC(C)(C)CO[C@H]2C[C@@H]1c1ccc(OC)cc1. The molecule has 1 aliphatic heterocycles. The smallest absolute Gasteiger partial charge is 0.323 e. The highest BCUT2D eigenvalue weighted by molar-refractivity contribution is 6.01. The van der Waals surface area contributed by atoms with E-state index in [4.69, 9.17) is 18.9 Å². The van der Waals surface area contributed by atoms with Crippen LogP contribution in [0.15, 0.2) is 24.3 Å². The Kier molecular flexibility index (Phi) is 5.71. The van der Waals surface area contributed by atoms with Crippen molar-refractivity contribution in [3.8, 4) is 5.75 Å². The van der Waals surface area contributed by atoms with Gasteiger partial charge in [-0.25, -0.2) is 0 Å². The largest absolute Gasteiger partial charge is 0.497 e. The van der Waals surface area contributed by atoms with Gasteiger partial charge in [-0.3, -0.25) is 9.59 Å². The molecule has 1 heterocycles. The first-order valence-corrected chi connectivity index (χ1v) is 9.70. The van der Waals surface area contributed by atoms with E-state index in [0.717, 1.165) is 17.7 Å². The normalized spacial score (nSPS) is 28.0. The van der Waals surface area contributed by atoms with Gasteiger partial charge in [-0.2, -0.15) is 0 Å². The van der Waals surface area contributed by atoms with Gasteiger partial charge in [0.2, 0.25) is 0 Å². The molecule has 0 unspecified atom stereocenters. The summed E-state index contributed by atoms with van der Waals surface area (Å²) >= 11 is 0. The van der Waals surface area contributed by atoms with E-state index in [0.29, 0.717) is 19.4 Å². The summed E-state index contributed by atoms with van der Waals surface area (Å²) in [6, 6.07) is 7.48. The lowest BCUT2D eigenvalue weighted by Crippen LogP contribution is -2.55. The lowest BCUT2D eigenvalue weighted by molar-refractivity contribution is -0.186. The summed E-state index contributed by atoms with van der Waals surface area (Å²) in [6.45, 7) is 4.97. The van der Waals surface area contributed by atoms with Gasteiger partial charge in [0.05, 0.1) is 34.0 Å². The molecule has 1 aliphatic carbocycles. The number of carbonyl (C=O) groups excluding carboxylic acids is 2. The Labute approximate surface area is 166 Å². The van der Waals surface area contributed by atoms with E-state index >= 15 is 0 Å². The summed E-state index contributed by atoms with van der Waals surface area (Å²) in [5, 5.41) is 0. The number of ether oxygens (including phenoxy) is 4. The topological polar surface area (TPSA) is 71.1 Å². The Morgan fingerprint density at radius 1 is 1.00 bits per heavy atom. The van der Waals surface area contributed by atoms with Crippen molar-refractivity contribution in [1.29, 1.82) is 0 Å². The number of carbonyl (C=O) groups is 2. The molecule has 2 aliphatic rings. The Morgan fingerprint density at radius 2 is 1.61 bits per heavy atom. The van der Waals surface area contributed by atoms with E-state index in [1.54, 1.807) is 7.11 Å². The average molecular weight is 390 g/mol. The molecule has 1 aromatic rings. The molecule has 0 aromatic heterocycles. The fourth-order valence-corrected chi connectivity index (χ4v) is 4.98. The number of methoxy groups -OCH3 is 3. The van der Waals surface area contributed by atoms with E-state index in [-0.39, 0.29) is 23.4 Å². The zero-order chi connectivity index (χ0) is 20.5. The number of benzene rings is 1. The van der Waals surface area contributed by atoms with Crippen LogP contribution in [0.4, 0.5) is 0 Å². The summed E-state index contributed by atoms with van der Waals surface area (Å²) in [5.74, 6) is -0.656. The average Bonchev–Trinajstić information content (AvgIpc) is 2.70. The monoisotopic (exact) mass is 390 g/mol. The number of esters is 2. The Bertz CT molecular complexity index is 707. The quantitative estimate of drug-likeness (QED) is 0.580. The zero-order valence-electron chi connectivity index (χ0n) is 17.3. The maximum Gasteiger partial charge on any atom is 0.323 e. The molecule has 0 amide bonds. The predicted octanol–water partition coefficient (Wildman–Crippen LogP) is 3.34. The van der Waals surface area contributed by atoms with Gasteiger partial charge in [-0.1, -0.05) is 26.0 Å².